The van der Waals surface area contributed by atoms with Crippen molar-refractivity contribution < 1.29 is 28.7 Å². The molecule has 184 valence electrons. The molecule has 6 aromatic carbocycles. The number of fused-ring (bicyclic) bond motifs is 2. The second-order valence-electron chi connectivity index (χ2n) is 9.59. The molecule has 0 N–H and O–H groups in total. The molecule has 6 aromatic rings. The first-order valence-electron chi connectivity index (χ1n) is 12.3. The summed E-state index contributed by atoms with van der Waals surface area (Å²) >= 11 is 0. The zero-order chi connectivity index (χ0) is 26.4. The summed E-state index contributed by atoms with van der Waals surface area (Å²) in [7, 11) is 0. The van der Waals surface area contributed by atoms with Gasteiger partial charge in [0.1, 0.15) is 0 Å². The Morgan fingerprint density at radius 2 is 0.949 bits per heavy atom. The number of hydrogen-bond acceptors (Lipinski definition) is 7. The summed E-state index contributed by atoms with van der Waals surface area (Å²) in [5, 5.41) is 6.48. The van der Waals surface area contributed by atoms with Crippen LogP contribution in [0.5, 0.6) is 0 Å². The van der Waals surface area contributed by atoms with Crippen molar-refractivity contribution in [2.45, 2.75) is 0 Å². The Morgan fingerprint density at radius 3 is 1.54 bits per heavy atom. The number of anilines is 3. The highest BCUT2D eigenvalue weighted by Gasteiger charge is 2.33. The first-order chi connectivity index (χ1) is 19.0. The molecule has 0 saturated heterocycles. The Hall–Kier alpha value is -5.56. The van der Waals surface area contributed by atoms with Gasteiger partial charge in [0.05, 0.1) is 27.9 Å². The minimum absolute atomic E-state index is 0.163. The van der Waals surface area contributed by atoms with Crippen LogP contribution in [-0.2, 0) is 9.47 Å². The summed E-state index contributed by atoms with van der Waals surface area (Å²) in [6.45, 7) is 0. The number of rotatable bonds is 3. The van der Waals surface area contributed by atoms with Crippen molar-refractivity contribution in [1.82, 2.24) is 0 Å². The van der Waals surface area contributed by atoms with E-state index in [1.165, 1.54) is 0 Å². The van der Waals surface area contributed by atoms with Crippen LogP contribution in [0.1, 0.15) is 41.4 Å². The molecule has 0 aliphatic carbocycles. The van der Waals surface area contributed by atoms with Crippen LogP contribution in [0.2, 0.25) is 0 Å². The predicted molar refractivity (Wildman–Crippen MR) is 144 cm³/mol. The SMILES string of the molecule is O=C1OC(=O)c2cc(N(c3ccc4c(c3)C(=O)OC4=O)c3ccc4ccc5cccc6ccc3c4c56)ccc21. The fraction of sp³-hybridized carbons (Fsp3) is 0. The normalized spacial score (nSPS) is 14.3. The summed E-state index contributed by atoms with van der Waals surface area (Å²) in [4.78, 5) is 51.0. The summed E-state index contributed by atoms with van der Waals surface area (Å²) in [6, 6.07) is 28.3. The van der Waals surface area contributed by atoms with Crippen LogP contribution >= 0.6 is 0 Å². The van der Waals surface area contributed by atoms with Gasteiger partial charge in [0, 0.05) is 16.8 Å². The van der Waals surface area contributed by atoms with Crippen molar-refractivity contribution in [2.75, 3.05) is 4.90 Å². The Bertz CT molecular complexity index is 2020. The topological polar surface area (TPSA) is 90.0 Å². The number of ether oxygens (including phenoxy) is 2. The van der Waals surface area contributed by atoms with Gasteiger partial charge in [-0.15, -0.1) is 0 Å². The fourth-order valence-electron chi connectivity index (χ4n) is 5.77. The number of hydrogen-bond donors (Lipinski definition) is 0. The second-order valence-corrected chi connectivity index (χ2v) is 9.59. The van der Waals surface area contributed by atoms with Gasteiger partial charge in [-0.05, 0) is 69.4 Å². The van der Waals surface area contributed by atoms with Crippen molar-refractivity contribution in [3.63, 3.8) is 0 Å². The maximum absolute atomic E-state index is 12.4. The van der Waals surface area contributed by atoms with Gasteiger partial charge in [0.15, 0.2) is 0 Å². The maximum Gasteiger partial charge on any atom is 0.346 e. The largest absolute Gasteiger partial charge is 0.386 e. The van der Waals surface area contributed by atoms with Crippen molar-refractivity contribution in [3.05, 3.63) is 113 Å². The minimum atomic E-state index is -0.713. The Kier molecular flexibility index (Phi) is 4.13. The lowest BCUT2D eigenvalue weighted by Crippen LogP contribution is -2.12. The maximum atomic E-state index is 12.4. The molecule has 7 heteroatoms. The number of nitrogens with zero attached hydrogens (tertiary/aromatic N) is 1. The van der Waals surface area contributed by atoms with Crippen molar-refractivity contribution >= 4 is 73.3 Å². The van der Waals surface area contributed by atoms with E-state index in [0.717, 1.165) is 38.0 Å². The molecular formula is C32H15NO6. The number of benzene rings is 6. The highest BCUT2D eigenvalue weighted by Crippen LogP contribution is 2.45. The van der Waals surface area contributed by atoms with Crippen LogP contribution in [0.4, 0.5) is 17.1 Å². The lowest BCUT2D eigenvalue weighted by molar-refractivity contribution is 0.0425. The number of carbonyl (C=O) groups excluding carboxylic acids is 4. The van der Waals surface area contributed by atoms with Gasteiger partial charge in [0.25, 0.3) is 0 Å². The highest BCUT2D eigenvalue weighted by atomic mass is 16.6. The third-order valence-corrected chi connectivity index (χ3v) is 7.52. The summed E-state index contributed by atoms with van der Waals surface area (Å²) in [5.41, 5.74) is 2.66. The average Bonchev–Trinajstić information content (AvgIpc) is 3.40. The average molecular weight is 509 g/mol. The third kappa shape index (κ3) is 2.92. The zero-order valence-electron chi connectivity index (χ0n) is 20.1. The van der Waals surface area contributed by atoms with Crippen LogP contribution in [-0.4, -0.2) is 23.9 Å². The molecular weight excluding hydrogens is 494 g/mol. The Labute approximate surface area is 220 Å². The third-order valence-electron chi connectivity index (χ3n) is 7.52. The minimum Gasteiger partial charge on any atom is -0.386 e. The van der Waals surface area contributed by atoms with Gasteiger partial charge in [-0.3, -0.25) is 0 Å². The van der Waals surface area contributed by atoms with E-state index in [1.54, 1.807) is 36.4 Å². The first-order valence-corrected chi connectivity index (χ1v) is 12.3. The van der Waals surface area contributed by atoms with E-state index in [1.807, 2.05) is 23.1 Å². The molecule has 0 fully saturated rings. The van der Waals surface area contributed by atoms with E-state index in [0.29, 0.717) is 11.4 Å². The summed E-state index contributed by atoms with van der Waals surface area (Å²) in [6.07, 6.45) is 0. The van der Waals surface area contributed by atoms with Crippen LogP contribution in [0.25, 0.3) is 32.3 Å². The summed E-state index contributed by atoms with van der Waals surface area (Å²) < 4.78 is 9.63. The van der Waals surface area contributed by atoms with E-state index >= 15 is 0 Å². The zero-order valence-corrected chi connectivity index (χ0v) is 20.1. The van der Waals surface area contributed by atoms with Gasteiger partial charge >= 0.3 is 23.9 Å². The van der Waals surface area contributed by atoms with Crippen molar-refractivity contribution in [1.29, 1.82) is 0 Å². The molecule has 2 heterocycles. The molecule has 0 atom stereocenters. The van der Waals surface area contributed by atoms with E-state index in [4.69, 9.17) is 9.47 Å². The lowest BCUT2D eigenvalue weighted by Gasteiger charge is -2.28. The molecule has 0 unspecified atom stereocenters. The molecule has 39 heavy (non-hydrogen) atoms. The van der Waals surface area contributed by atoms with Gasteiger partial charge in [0.2, 0.25) is 0 Å². The molecule has 0 radical (unpaired) electrons. The van der Waals surface area contributed by atoms with Crippen LogP contribution in [0.3, 0.4) is 0 Å². The lowest BCUT2D eigenvalue weighted by atomic mass is 9.93. The van der Waals surface area contributed by atoms with E-state index < -0.39 is 23.9 Å². The predicted octanol–water partition coefficient (Wildman–Crippen LogP) is 6.68. The van der Waals surface area contributed by atoms with Gasteiger partial charge < -0.3 is 14.4 Å². The molecule has 0 bridgehead atoms. The van der Waals surface area contributed by atoms with Crippen LogP contribution in [0.15, 0.2) is 91.0 Å². The second kappa shape index (κ2) is 7.49. The van der Waals surface area contributed by atoms with Gasteiger partial charge in [-0.2, -0.15) is 0 Å². The number of cyclic esters (lactones) is 4. The van der Waals surface area contributed by atoms with E-state index in [-0.39, 0.29) is 22.3 Å². The monoisotopic (exact) mass is 509 g/mol. The van der Waals surface area contributed by atoms with Crippen molar-refractivity contribution in [3.8, 4) is 0 Å². The number of carbonyl (C=O) groups is 4. The Morgan fingerprint density at radius 1 is 0.462 bits per heavy atom. The Balaban J connectivity index is 1.44. The summed E-state index contributed by atoms with van der Waals surface area (Å²) in [5.74, 6) is -2.80. The highest BCUT2D eigenvalue weighted by molar-refractivity contribution is 6.26. The van der Waals surface area contributed by atoms with Crippen LogP contribution in [0, 0.1) is 0 Å². The first kappa shape index (κ1) is 21.5. The molecule has 2 aliphatic heterocycles. The molecule has 0 aromatic heterocycles. The molecule has 0 spiro atoms. The van der Waals surface area contributed by atoms with Crippen molar-refractivity contribution in [2.24, 2.45) is 0 Å². The molecule has 0 saturated carbocycles. The van der Waals surface area contributed by atoms with Crippen LogP contribution < -0.4 is 4.90 Å². The van der Waals surface area contributed by atoms with E-state index in [2.05, 4.69) is 36.4 Å². The molecule has 7 nitrogen and oxygen atoms in total. The standard InChI is InChI=1S/C32H15NO6/c34-29-21-11-8-19(14-24(21)31(36)38-29)33(20-9-12-22-25(15-20)32(37)39-30(22)35)26-13-7-18-5-4-16-2-1-3-17-6-10-23(26)28(18)27(16)17/h1-15H. The molecule has 0 amide bonds. The van der Waals surface area contributed by atoms with E-state index in [9.17, 15) is 19.2 Å². The van der Waals surface area contributed by atoms with Gasteiger partial charge in [-0.25, -0.2) is 19.2 Å². The van der Waals surface area contributed by atoms with Gasteiger partial charge in [-0.1, -0.05) is 48.5 Å². The molecule has 2 aliphatic rings. The molecule has 8 rings (SSSR count). The quantitative estimate of drug-likeness (QED) is 0.149. The number of esters is 4. The smallest absolute Gasteiger partial charge is 0.346 e. The fourth-order valence-corrected chi connectivity index (χ4v) is 5.77.